The van der Waals surface area contributed by atoms with Crippen LogP contribution in [0.25, 0.3) is 0 Å². The summed E-state index contributed by atoms with van der Waals surface area (Å²) < 4.78 is 6.67. The Hall–Kier alpha value is -1.52. The number of hydrogen-bond donors (Lipinski definition) is 2. The first-order valence-corrected chi connectivity index (χ1v) is 11.5. The van der Waals surface area contributed by atoms with Gasteiger partial charge in [0.25, 0.3) is 0 Å². The second-order valence-electron chi connectivity index (χ2n) is 10.7. The van der Waals surface area contributed by atoms with Gasteiger partial charge in [-0.1, -0.05) is 38.0 Å². The molecule has 4 bridgehead atoms. The molecule has 6 aliphatic rings. The highest BCUT2D eigenvalue weighted by Crippen LogP contribution is 2.74. The molecule has 2 N–H and O–H groups in total. The third-order valence-electron chi connectivity index (χ3n) is 9.45. The lowest BCUT2D eigenvalue weighted by molar-refractivity contribution is -0.173. The van der Waals surface area contributed by atoms with E-state index < -0.39 is 5.60 Å². The zero-order valence-corrected chi connectivity index (χ0v) is 17.8. The zero-order valence-electron chi connectivity index (χ0n) is 17.8. The molecule has 1 saturated carbocycles. The Bertz CT molecular complexity index is 908. The van der Waals surface area contributed by atoms with E-state index in [9.17, 15) is 10.2 Å². The Kier molecular flexibility index (Phi) is 3.52. The van der Waals surface area contributed by atoms with Gasteiger partial charge in [-0.15, -0.1) is 0 Å². The van der Waals surface area contributed by atoms with Gasteiger partial charge in [-0.25, -0.2) is 0 Å². The summed E-state index contributed by atoms with van der Waals surface area (Å²) in [6.07, 6.45) is 11.0. The summed E-state index contributed by atoms with van der Waals surface area (Å²) in [6.45, 7) is 5.31. The molecule has 7 rings (SSSR count). The number of likely N-dealkylation sites (N-methyl/N-ethyl adjacent to an activating group) is 1. The number of aromatic hydroxyl groups is 1. The first-order valence-electron chi connectivity index (χ1n) is 11.5. The number of nitrogens with zero attached hydrogens (tertiary/aromatic N) is 1. The fourth-order valence-corrected chi connectivity index (χ4v) is 8.14. The summed E-state index contributed by atoms with van der Waals surface area (Å²) in [5.74, 6) is 1.42. The average Bonchev–Trinajstić information content (AvgIpc) is 3.07. The van der Waals surface area contributed by atoms with Crippen molar-refractivity contribution in [2.24, 2.45) is 17.3 Å². The standard InChI is InChI=1S/C25H33NO3/c1-4-5-9-23(2,28)17-14-24-10-8-16(17)22-25(24)11-12-26(3)19(24)13-15-6-7-18(27)21(29-22)20(15)25/h6-8,10,16-17,19,22,27-28H,4-5,9,11-14H2,1-3H3/t16-,17-,19+,22-,23+,24+,25-/m0/s1. The van der Waals surface area contributed by atoms with Gasteiger partial charge in [0, 0.05) is 28.4 Å². The summed E-state index contributed by atoms with van der Waals surface area (Å²) in [5.41, 5.74) is 1.90. The van der Waals surface area contributed by atoms with Gasteiger partial charge in [0.15, 0.2) is 11.5 Å². The van der Waals surface area contributed by atoms with Crippen LogP contribution in [0.3, 0.4) is 0 Å². The zero-order chi connectivity index (χ0) is 20.2. The summed E-state index contributed by atoms with van der Waals surface area (Å²) >= 11 is 0. The van der Waals surface area contributed by atoms with E-state index >= 15 is 0 Å². The fourth-order valence-electron chi connectivity index (χ4n) is 8.14. The van der Waals surface area contributed by atoms with Crippen LogP contribution < -0.4 is 4.74 Å². The minimum atomic E-state index is -0.687. The largest absolute Gasteiger partial charge is 0.504 e. The molecule has 0 amide bonds. The molecule has 1 aromatic carbocycles. The van der Waals surface area contributed by atoms with Crippen molar-refractivity contribution in [2.45, 2.75) is 75.5 Å². The molecule has 4 heteroatoms. The minimum Gasteiger partial charge on any atom is -0.504 e. The van der Waals surface area contributed by atoms with Gasteiger partial charge in [-0.3, -0.25) is 0 Å². The van der Waals surface area contributed by atoms with Crippen molar-refractivity contribution >= 4 is 0 Å². The van der Waals surface area contributed by atoms with Crippen molar-refractivity contribution < 1.29 is 14.9 Å². The van der Waals surface area contributed by atoms with E-state index in [0.29, 0.717) is 6.04 Å². The predicted octanol–water partition coefficient (Wildman–Crippen LogP) is 3.78. The molecule has 0 aromatic heterocycles. The first kappa shape index (κ1) is 18.3. The van der Waals surface area contributed by atoms with E-state index in [-0.39, 0.29) is 34.5 Å². The van der Waals surface area contributed by atoms with Crippen LogP contribution in [-0.4, -0.2) is 46.5 Å². The molecule has 0 radical (unpaired) electrons. The van der Waals surface area contributed by atoms with Crippen LogP contribution in [0.15, 0.2) is 24.3 Å². The highest BCUT2D eigenvalue weighted by Gasteiger charge is 2.75. The van der Waals surface area contributed by atoms with Crippen molar-refractivity contribution in [1.29, 1.82) is 0 Å². The number of rotatable bonds is 4. The van der Waals surface area contributed by atoms with Gasteiger partial charge >= 0.3 is 0 Å². The molecule has 7 atom stereocenters. The SMILES string of the molecule is CCCC[C@@](C)(O)[C@H]1C[C@@]23C=C[C@@H]1[C@@H]1Oc4c(O)ccc5c4[C@@]12CCN(C)[C@@H]3C5. The second-order valence-corrected chi connectivity index (χ2v) is 10.7. The lowest BCUT2D eigenvalue weighted by Crippen LogP contribution is -2.75. The molecule has 4 nitrogen and oxygen atoms in total. The molecule has 156 valence electrons. The fraction of sp³-hybridized carbons (Fsp3) is 0.680. The van der Waals surface area contributed by atoms with E-state index in [2.05, 4.69) is 44.0 Å². The number of phenols is 1. The molecule has 0 unspecified atom stereocenters. The molecule has 1 saturated heterocycles. The number of piperidine rings is 1. The van der Waals surface area contributed by atoms with Gasteiger partial charge in [-0.2, -0.15) is 0 Å². The van der Waals surface area contributed by atoms with Crippen LogP contribution in [0, 0.1) is 17.3 Å². The Morgan fingerprint density at radius 3 is 2.97 bits per heavy atom. The molecule has 1 aromatic rings. The molecule has 2 spiro atoms. The Morgan fingerprint density at radius 2 is 2.17 bits per heavy atom. The number of unbranched alkanes of at least 4 members (excludes halogenated alkanes) is 1. The van der Waals surface area contributed by atoms with E-state index in [1.807, 2.05) is 6.07 Å². The summed E-state index contributed by atoms with van der Waals surface area (Å²) in [6, 6.07) is 4.37. The van der Waals surface area contributed by atoms with Crippen molar-refractivity contribution in [3.8, 4) is 11.5 Å². The summed E-state index contributed by atoms with van der Waals surface area (Å²) in [5, 5.41) is 22.3. The van der Waals surface area contributed by atoms with Crippen molar-refractivity contribution in [1.82, 2.24) is 4.90 Å². The third kappa shape index (κ3) is 1.94. The van der Waals surface area contributed by atoms with E-state index in [1.165, 1.54) is 11.1 Å². The van der Waals surface area contributed by atoms with Crippen LogP contribution in [0.5, 0.6) is 11.5 Å². The van der Waals surface area contributed by atoms with Gasteiger partial charge in [0.1, 0.15) is 6.10 Å². The van der Waals surface area contributed by atoms with Crippen LogP contribution in [0.1, 0.15) is 57.1 Å². The maximum Gasteiger partial charge on any atom is 0.165 e. The second kappa shape index (κ2) is 5.59. The number of aliphatic hydroxyl groups is 1. The number of likely N-dealkylation sites (tertiary alicyclic amines) is 1. The normalized spacial score (nSPS) is 43.0. The summed E-state index contributed by atoms with van der Waals surface area (Å²) in [4.78, 5) is 2.55. The number of benzene rings is 1. The topological polar surface area (TPSA) is 52.9 Å². The summed E-state index contributed by atoms with van der Waals surface area (Å²) in [7, 11) is 2.27. The smallest absolute Gasteiger partial charge is 0.165 e. The third-order valence-corrected chi connectivity index (χ3v) is 9.45. The maximum atomic E-state index is 11.6. The number of ether oxygens (including phenoxy) is 1. The molecular weight excluding hydrogens is 362 g/mol. The maximum absolute atomic E-state index is 11.6. The molecule has 29 heavy (non-hydrogen) atoms. The van der Waals surface area contributed by atoms with E-state index in [0.717, 1.165) is 50.8 Å². The van der Waals surface area contributed by atoms with Crippen LogP contribution in [0.4, 0.5) is 0 Å². The Balaban J connectivity index is 1.56. The molecule has 4 aliphatic carbocycles. The van der Waals surface area contributed by atoms with Gasteiger partial charge in [0.05, 0.1) is 5.60 Å². The molecule has 2 fully saturated rings. The minimum absolute atomic E-state index is 0.0215. The molecule has 2 heterocycles. The van der Waals surface area contributed by atoms with Gasteiger partial charge in [0.2, 0.25) is 0 Å². The van der Waals surface area contributed by atoms with Crippen molar-refractivity contribution in [3.63, 3.8) is 0 Å². The Morgan fingerprint density at radius 1 is 1.34 bits per heavy atom. The average molecular weight is 396 g/mol. The monoisotopic (exact) mass is 395 g/mol. The highest BCUT2D eigenvalue weighted by molar-refractivity contribution is 5.63. The van der Waals surface area contributed by atoms with Gasteiger partial charge in [-0.05, 0) is 63.7 Å². The number of phenolic OH excluding ortho intramolecular Hbond substituents is 1. The van der Waals surface area contributed by atoms with Crippen LogP contribution >= 0.6 is 0 Å². The van der Waals surface area contributed by atoms with Crippen LogP contribution in [-0.2, 0) is 11.8 Å². The Labute approximate surface area is 173 Å². The van der Waals surface area contributed by atoms with E-state index in [1.54, 1.807) is 0 Å². The quantitative estimate of drug-likeness (QED) is 0.762. The number of fused-ring (bicyclic) bond motifs is 1. The first-order chi connectivity index (χ1) is 13.9. The van der Waals surface area contributed by atoms with Crippen LogP contribution in [0.2, 0.25) is 0 Å². The molecular formula is C25H33NO3. The van der Waals surface area contributed by atoms with Crippen molar-refractivity contribution in [2.75, 3.05) is 13.6 Å². The van der Waals surface area contributed by atoms with Crippen molar-refractivity contribution in [3.05, 3.63) is 35.4 Å². The highest BCUT2D eigenvalue weighted by atomic mass is 16.5. The molecule has 2 aliphatic heterocycles. The lowest BCUT2D eigenvalue weighted by atomic mass is 9.37. The lowest BCUT2D eigenvalue weighted by Gasteiger charge is -2.70. The predicted molar refractivity (Wildman–Crippen MR) is 112 cm³/mol. The van der Waals surface area contributed by atoms with Gasteiger partial charge < -0.3 is 19.8 Å². The number of hydrogen-bond acceptors (Lipinski definition) is 4. The van der Waals surface area contributed by atoms with E-state index in [4.69, 9.17) is 4.74 Å².